The molecule has 146 valence electrons. The summed E-state index contributed by atoms with van der Waals surface area (Å²) in [5, 5.41) is 0. The number of rotatable bonds is 14. The zero-order chi connectivity index (χ0) is 19.2. The fourth-order valence-electron chi connectivity index (χ4n) is 3.13. The van der Waals surface area contributed by atoms with Crippen LogP contribution in [0.25, 0.3) is 11.1 Å². The van der Waals surface area contributed by atoms with Gasteiger partial charge < -0.3 is 9.47 Å². The van der Waals surface area contributed by atoms with Gasteiger partial charge in [0.2, 0.25) is 0 Å². The standard InChI is InChI=1S/C25H34O2/c1-3-5-6-7-8-9-10-14-21-27-24-19-15-18-23(26-20-4-2)25(24)22-16-12-11-13-17-22/h3,11-13,15-19H,1,4-10,14,20-21H2,2H3. The molecule has 0 N–H and O–H groups in total. The smallest absolute Gasteiger partial charge is 0.130 e. The van der Waals surface area contributed by atoms with Crippen LogP contribution in [0.4, 0.5) is 0 Å². The fourth-order valence-corrected chi connectivity index (χ4v) is 3.13. The molecule has 0 aromatic heterocycles. The molecule has 0 radical (unpaired) electrons. The Morgan fingerprint density at radius 3 is 2.04 bits per heavy atom. The molecule has 0 spiro atoms. The lowest BCUT2D eigenvalue weighted by Crippen LogP contribution is -2.02. The first kappa shape index (κ1) is 21.1. The summed E-state index contributed by atoms with van der Waals surface area (Å²) in [6, 6.07) is 16.5. The highest BCUT2D eigenvalue weighted by Gasteiger charge is 2.13. The maximum absolute atomic E-state index is 6.16. The quantitative estimate of drug-likeness (QED) is 0.255. The van der Waals surface area contributed by atoms with Crippen molar-refractivity contribution in [1.29, 1.82) is 0 Å². The molecule has 27 heavy (non-hydrogen) atoms. The van der Waals surface area contributed by atoms with Crippen LogP contribution in [0, 0.1) is 0 Å². The highest BCUT2D eigenvalue weighted by Crippen LogP contribution is 2.38. The average molecular weight is 367 g/mol. The van der Waals surface area contributed by atoms with E-state index in [0.29, 0.717) is 0 Å². The van der Waals surface area contributed by atoms with E-state index in [2.05, 4.69) is 43.8 Å². The van der Waals surface area contributed by atoms with Gasteiger partial charge in [0.05, 0.1) is 18.8 Å². The first-order valence-electron chi connectivity index (χ1n) is 10.4. The van der Waals surface area contributed by atoms with Crippen molar-refractivity contribution in [3.05, 3.63) is 61.2 Å². The molecule has 2 heteroatoms. The Morgan fingerprint density at radius 2 is 1.37 bits per heavy atom. The van der Waals surface area contributed by atoms with Gasteiger partial charge in [-0.2, -0.15) is 0 Å². The lowest BCUT2D eigenvalue weighted by atomic mass is 10.0. The SMILES string of the molecule is C=CCCCCCCCCOc1cccc(OCCC)c1-c1ccccc1. The minimum absolute atomic E-state index is 0.717. The van der Waals surface area contributed by atoms with Crippen molar-refractivity contribution in [1.82, 2.24) is 0 Å². The van der Waals surface area contributed by atoms with Crippen LogP contribution in [0.3, 0.4) is 0 Å². The fraction of sp³-hybridized carbons (Fsp3) is 0.440. The van der Waals surface area contributed by atoms with Crippen LogP contribution in [-0.2, 0) is 0 Å². The summed E-state index contributed by atoms with van der Waals surface area (Å²) in [4.78, 5) is 0. The Bertz CT molecular complexity index is 649. The highest BCUT2D eigenvalue weighted by molar-refractivity contribution is 5.76. The van der Waals surface area contributed by atoms with E-state index < -0.39 is 0 Å². The molecule has 2 rings (SSSR count). The molecule has 0 fully saturated rings. The van der Waals surface area contributed by atoms with E-state index in [1.165, 1.54) is 32.1 Å². The molecule has 0 unspecified atom stereocenters. The Hall–Kier alpha value is -2.22. The largest absolute Gasteiger partial charge is 0.493 e. The van der Waals surface area contributed by atoms with Crippen LogP contribution in [0.1, 0.15) is 58.3 Å². The minimum atomic E-state index is 0.717. The Kier molecular flexibility index (Phi) is 10.2. The number of allylic oxidation sites excluding steroid dienone is 1. The average Bonchev–Trinajstić information content (AvgIpc) is 2.71. The van der Waals surface area contributed by atoms with Gasteiger partial charge in [0.1, 0.15) is 11.5 Å². The lowest BCUT2D eigenvalue weighted by molar-refractivity contribution is 0.296. The van der Waals surface area contributed by atoms with Gasteiger partial charge in [-0.3, -0.25) is 0 Å². The zero-order valence-corrected chi connectivity index (χ0v) is 16.8. The molecule has 0 aliphatic rings. The van der Waals surface area contributed by atoms with Crippen molar-refractivity contribution in [2.24, 2.45) is 0 Å². The molecule has 0 aliphatic heterocycles. The van der Waals surface area contributed by atoms with Gasteiger partial charge in [0.25, 0.3) is 0 Å². The normalized spacial score (nSPS) is 10.6. The van der Waals surface area contributed by atoms with E-state index in [0.717, 1.165) is 55.1 Å². The van der Waals surface area contributed by atoms with Crippen molar-refractivity contribution in [2.45, 2.75) is 58.3 Å². The first-order chi connectivity index (χ1) is 13.4. The maximum Gasteiger partial charge on any atom is 0.130 e. The molecule has 2 aromatic carbocycles. The molecule has 0 saturated carbocycles. The van der Waals surface area contributed by atoms with Crippen molar-refractivity contribution in [2.75, 3.05) is 13.2 Å². The second kappa shape index (κ2) is 13.0. The lowest BCUT2D eigenvalue weighted by Gasteiger charge is -2.16. The van der Waals surface area contributed by atoms with E-state index >= 15 is 0 Å². The third-order valence-electron chi connectivity index (χ3n) is 4.57. The van der Waals surface area contributed by atoms with Crippen molar-refractivity contribution in [3.8, 4) is 22.6 Å². The predicted molar refractivity (Wildman–Crippen MR) is 116 cm³/mol. The molecular weight excluding hydrogens is 332 g/mol. The van der Waals surface area contributed by atoms with E-state index in [9.17, 15) is 0 Å². The van der Waals surface area contributed by atoms with Crippen LogP contribution >= 0.6 is 0 Å². The summed E-state index contributed by atoms with van der Waals surface area (Å²) < 4.78 is 12.2. The monoisotopic (exact) mass is 366 g/mol. The number of hydrogen-bond donors (Lipinski definition) is 0. The zero-order valence-electron chi connectivity index (χ0n) is 16.8. The summed E-state index contributed by atoms with van der Waals surface area (Å²) >= 11 is 0. The molecule has 0 saturated heterocycles. The van der Waals surface area contributed by atoms with Crippen molar-refractivity contribution < 1.29 is 9.47 Å². The van der Waals surface area contributed by atoms with Gasteiger partial charge >= 0.3 is 0 Å². The van der Waals surface area contributed by atoms with Gasteiger partial charge in [0, 0.05) is 0 Å². The number of unbranched alkanes of at least 4 members (excludes halogenated alkanes) is 6. The van der Waals surface area contributed by atoms with Gasteiger partial charge in [-0.15, -0.1) is 6.58 Å². The van der Waals surface area contributed by atoms with Crippen molar-refractivity contribution in [3.63, 3.8) is 0 Å². The second-order valence-corrected chi connectivity index (χ2v) is 6.89. The molecule has 0 atom stereocenters. The predicted octanol–water partition coefficient (Wildman–Crippen LogP) is 7.44. The molecule has 0 bridgehead atoms. The summed E-state index contributed by atoms with van der Waals surface area (Å²) in [6.45, 7) is 7.37. The van der Waals surface area contributed by atoms with Crippen LogP contribution in [-0.4, -0.2) is 13.2 Å². The first-order valence-corrected chi connectivity index (χ1v) is 10.4. The van der Waals surface area contributed by atoms with Crippen LogP contribution in [0.2, 0.25) is 0 Å². The molecule has 0 aliphatic carbocycles. The molecule has 2 aromatic rings. The molecular formula is C25H34O2. The third-order valence-corrected chi connectivity index (χ3v) is 4.57. The van der Waals surface area contributed by atoms with E-state index in [-0.39, 0.29) is 0 Å². The number of benzene rings is 2. The van der Waals surface area contributed by atoms with Gasteiger partial charge in [-0.25, -0.2) is 0 Å². The van der Waals surface area contributed by atoms with Gasteiger partial charge in [0.15, 0.2) is 0 Å². The number of ether oxygens (including phenoxy) is 2. The Morgan fingerprint density at radius 1 is 0.741 bits per heavy atom. The second-order valence-electron chi connectivity index (χ2n) is 6.89. The van der Waals surface area contributed by atoms with E-state index in [4.69, 9.17) is 9.47 Å². The maximum atomic E-state index is 6.16. The summed E-state index contributed by atoms with van der Waals surface area (Å²) in [5.74, 6) is 1.82. The van der Waals surface area contributed by atoms with E-state index in [1.807, 2.05) is 24.3 Å². The molecule has 2 nitrogen and oxygen atoms in total. The van der Waals surface area contributed by atoms with Crippen LogP contribution < -0.4 is 9.47 Å². The highest BCUT2D eigenvalue weighted by atomic mass is 16.5. The summed E-state index contributed by atoms with van der Waals surface area (Å²) in [7, 11) is 0. The molecule has 0 heterocycles. The van der Waals surface area contributed by atoms with Crippen molar-refractivity contribution >= 4 is 0 Å². The van der Waals surface area contributed by atoms with Gasteiger partial charge in [-0.1, -0.05) is 75.1 Å². The van der Waals surface area contributed by atoms with Gasteiger partial charge in [-0.05, 0) is 43.4 Å². The van der Waals surface area contributed by atoms with E-state index in [1.54, 1.807) is 0 Å². The Labute approximate surface area is 165 Å². The Balaban J connectivity index is 1.91. The summed E-state index contributed by atoms with van der Waals surface area (Å²) in [5.41, 5.74) is 2.21. The summed E-state index contributed by atoms with van der Waals surface area (Å²) in [6.07, 6.45) is 11.6. The van der Waals surface area contributed by atoms with Crippen LogP contribution in [0.15, 0.2) is 61.2 Å². The molecule has 0 amide bonds. The topological polar surface area (TPSA) is 18.5 Å². The minimum Gasteiger partial charge on any atom is -0.493 e. The van der Waals surface area contributed by atoms with Crippen LogP contribution in [0.5, 0.6) is 11.5 Å². The third kappa shape index (κ3) is 7.50. The number of hydrogen-bond acceptors (Lipinski definition) is 2.